The summed E-state index contributed by atoms with van der Waals surface area (Å²) in [7, 11) is 1.54. The number of carbonyl (C=O) groups excluding carboxylic acids is 1. The summed E-state index contributed by atoms with van der Waals surface area (Å²) < 4.78 is 13.6. The van der Waals surface area contributed by atoms with Gasteiger partial charge in [0, 0.05) is 19.0 Å². The number of amides is 1. The Labute approximate surface area is 111 Å². The highest BCUT2D eigenvalue weighted by atomic mass is 19.1. The second-order valence-corrected chi connectivity index (χ2v) is 3.87. The molecule has 0 heterocycles. The van der Waals surface area contributed by atoms with E-state index in [4.69, 9.17) is 5.11 Å². The highest BCUT2D eigenvalue weighted by molar-refractivity contribution is 5.94. The summed E-state index contributed by atoms with van der Waals surface area (Å²) in [5, 5.41) is 11.6. The summed E-state index contributed by atoms with van der Waals surface area (Å²) in [6.07, 6.45) is 3.68. The van der Waals surface area contributed by atoms with Crippen LogP contribution in [0, 0.1) is 0 Å². The molecule has 0 aliphatic heterocycles. The number of benzene rings is 1. The minimum absolute atomic E-state index is 0.0613. The molecule has 3 nitrogen and oxygen atoms in total. The minimum Gasteiger partial charge on any atom is -0.508 e. The van der Waals surface area contributed by atoms with Gasteiger partial charge in [-0.2, -0.15) is 0 Å². The second kappa shape index (κ2) is 7.16. The molecule has 0 spiro atoms. The molecule has 0 radical (unpaired) electrons. The van der Waals surface area contributed by atoms with Gasteiger partial charge in [-0.05, 0) is 35.9 Å². The van der Waals surface area contributed by atoms with Crippen LogP contribution in [0.25, 0.3) is 0 Å². The fourth-order valence-corrected chi connectivity index (χ4v) is 1.46. The van der Waals surface area contributed by atoms with Crippen LogP contribution in [0.5, 0.6) is 0 Å². The molecule has 0 atom stereocenters. The van der Waals surface area contributed by atoms with Crippen molar-refractivity contribution < 1.29 is 14.3 Å². The summed E-state index contributed by atoms with van der Waals surface area (Å²) in [6, 6.07) is 6.72. The Hall–Kier alpha value is -2.36. The summed E-state index contributed by atoms with van der Waals surface area (Å²) >= 11 is 0. The van der Waals surface area contributed by atoms with E-state index in [1.54, 1.807) is 31.3 Å². The van der Waals surface area contributed by atoms with Crippen LogP contribution in [0.15, 0.2) is 60.7 Å². The number of hydrogen-bond donors (Lipinski definition) is 2. The first-order chi connectivity index (χ1) is 9.06. The van der Waals surface area contributed by atoms with Crippen molar-refractivity contribution >= 4 is 5.91 Å². The van der Waals surface area contributed by atoms with Crippen LogP contribution in [-0.4, -0.2) is 18.1 Å². The van der Waals surface area contributed by atoms with E-state index in [2.05, 4.69) is 11.9 Å². The number of aliphatic hydroxyl groups is 1. The van der Waals surface area contributed by atoms with Crippen LogP contribution >= 0.6 is 0 Å². The highest BCUT2D eigenvalue weighted by Gasteiger charge is 2.04. The normalized spacial score (nSPS) is 12.1. The topological polar surface area (TPSA) is 49.3 Å². The smallest absolute Gasteiger partial charge is 0.251 e. The van der Waals surface area contributed by atoms with Gasteiger partial charge in [-0.1, -0.05) is 18.7 Å². The van der Waals surface area contributed by atoms with Gasteiger partial charge in [0.2, 0.25) is 0 Å². The third kappa shape index (κ3) is 4.79. The second-order valence-electron chi connectivity index (χ2n) is 3.87. The van der Waals surface area contributed by atoms with Crippen molar-refractivity contribution in [1.82, 2.24) is 5.32 Å². The Morgan fingerprint density at radius 2 is 2.21 bits per heavy atom. The zero-order chi connectivity index (χ0) is 14.3. The lowest BCUT2D eigenvalue weighted by Gasteiger charge is -2.03. The van der Waals surface area contributed by atoms with E-state index in [9.17, 15) is 9.18 Å². The maximum Gasteiger partial charge on any atom is 0.251 e. The first-order valence-electron chi connectivity index (χ1n) is 5.75. The molecule has 0 aliphatic carbocycles. The van der Waals surface area contributed by atoms with Crippen molar-refractivity contribution in [3.05, 3.63) is 71.8 Å². The molecule has 4 heteroatoms. The van der Waals surface area contributed by atoms with Crippen molar-refractivity contribution in [2.45, 2.75) is 6.42 Å². The van der Waals surface area contributed by atoms with Crippen LogP contribution in [0.2, 0.25) is 0 Å². The van der Waals surface area contributed by atoms with E-state index in [0.717, 1.165) is 0 Å². The van der Waals surface area contributed by atoms with Crippen molar-refractivity contribution in [2.75, 3.05) is 7.05 Å². The maximum atomic E-state index is 13.6. The largest absolute Gasteiger partial charge is 0.508 e. The molecule has 1 amide bonds. The van der Waals surface area contributed by atoms with E-state index in [1.807, 2.05) is 0 Å². The molecule has 0 aliphatic rings. The predicted molar refractivity (Wildman–Crippen MR) is 73.6 cm³/mol. The first-order valence-corrected chi connectivity index (χ1v) is 5.75. The van der Waals surface area contributed by atoms with Crippen LogP contribution < -0.4 is 5.32 Å². The fraction of sp³-hybridized carbons (Fsp3) is 0.133. The monoisotopic (exact) mass is 261 g/mol. The van der Waals surface area contributed by atoms with E-state index in [0.29, 0.717) is 11.1 Å². The standard InChI is InChI=1S/C15H16FNO2/c1-3-14(18)8-7-13(16)10-11-5-4-6-12(9-11)15(19)17-2/h3-9,18H,1,10H2,2H3,(H,17,19)/b13-7+,14-8+. The molecule has 1 aromatic carbocycles. The Morgan fingerprint density at radius 3 is 2.84 bits per heavy atom. The van der Waals surface area contributed by atoms with Gasteiger partial charge >= 0.3 is 0 Å². The highest BCUT2D eigenvalue weighted by Crippen LogP contribution is 2.12. The number of aliphatic hydroxyl groups excluding tert-OH is 1. The van der Waals surface area contributed by atoms with Gasteiger partial charge in [0.25, 0.3) is 5.91 Å². The number of nitrogens with one attached hydrogen (secondary N) is 1. The van der Waals surface area contributed by atoms with Crippen molar-refractivity contribution in [2.24, 2.45) is 0 Å². The molecule has 19 heavy (non-hydrogen) atoms. The van der Waals surface area contributed by atoms with Gasteiger partial charge in [-0.25, -0.2) is 4.39 Å². The SMILES string of the molecule is C=C/C(O)=C\C=C(\F)Cc1cccc(C(=O)NC)c1. The zero-order valence-electron chi connectivity index (χ0n) is 10.7. The number of rotatable bonds is 5. The Kier molecular flexibility index (Phi) is 5.54. The molecule has 0 saturated heterocycles. The summed E-state index contributed by atoms with van der Waals surface area (Å²) in [5.41, 5.74) is 1.17. The van der Waals surface area contributed by atoms with E-state index >= 15 is 0 Å². The van der Waals surface area contributed by atoms with Crippen LogP contribution in [0.3, 0.4) is 0 Å². The molecule has 1 aromatic rings. The van der Waals surface area contributed by atoms with Gasteiger partial charge in [-0.3, -0.25) is 4.79 Å². The minimum atomic E-state index is -0.414. The van der Waals surface area contributed by atoms with Crippen molar-refractivity contribution in [3.63, 3.8) is 0 Å². The Morgan fingerprint density at radius 1 is 1.47 bits per heavy atom. The van der Waals surface area contributed by atoms with Gasteiger partial charge in [0.05, 0.1) is 0 Å². The number of hydrogen-bond acceptors (Lipinski definition) is 2. The average molecular weight is 261 g/mol. The number of carbonyl (C=O) groups is 1. The molecule has 0 saturated carbocycles. The molecule has 0 unspecified atom stereocenters. The molecular formula is C15H16FNO2. The van der Waals surface area contributed by atoms with Crippen molar-refractivity contribution in [1.29, 1.82) is 0 Å². The molecule has 0 aromatic heterocycles. The lowest BCUT2D eigenvalue weighted by molar-refractivity contribution is 0.0963. The van der Waals surface area contributed by atoms with Crippen LogP contribution in [0.1, 0.15) is 15.9 Å². The summed E-state index contributed by atoms with van der Waals surface area (Å²) in [4.78, 5) is 11.4. The summed E-state index contributed by atoms with van der Waals surface area (Å²) in [6.45, 7) is 3.35. The zero-order valence-corrected chi connectivity index (χ0v) is 10.7. The lowest BCUT2D eigenvalue weighted by Crippen LogP contribution is -2.17. The predicted octanol–water partition coefficient (Wildman–Crippen LogP) is 3.07. The number of allylic oxidation sites excluding steroid dienone is 4. The third-order valence-electron chi connectivity index (χ3n) is 2.43. The number of halogens is 1. The molecule has 0 fully saturated rings. The van der Waals surface area contributed by atoms with Crippen LogP contribution in [-0.2, 0) is 6.42 Å². The first kappa shape index (κ1) is 14.7. The van der Waals surface area contributed by atoms with Crippen molar-refractivity contribution in [3.8, 4) is 0 Å². The lowest BCUT2D eigenvalue weighted by atomic mass is 10.1. The van der Waals surface area contributed by atoms with Crippen LogP contribution in [0.4, 0.5) is 4.39 Å². The Bertz CT molecular complexity index is 533. The molecule has 1 rings (SSSR count). The van der Waals surface area contributed by atoms with Gasteiger partial charge in [0.15, 0.2) is 0 Å². The Balaban J connectivity index is 2.82. The van der Waals surface area contributed by atoms with Gasteiger partial charge in [0.1, 0.15) is 11.6 Å². The maximum absolute atomic E-state index is 13.6. The van der Waals surface area contributed by atoms with E-state index in [-0.39, 0.29) is 18.1 Å². The molecule has 2 N–H and O–H groups in total. The summed E-state index contributed by atoms with van der Waals surface area (Å²) in [5.74, 6) is -0.729. The molecular weight excluding hydrogens is 245 g/mol. The van der Waals surface area contributed by atoms with Gasteiger partial charge in [-0.15, -0.1) is 0 Å². The van der Waals surface area contributed by atoms with E-state index in [1.165, 1.54) is 18.2 Å². The third-order valence-corrected chi connectivity index (χ3v) is 2.43. The molecule has 0 bridgehead atoms. The quantitative estimate of drug-likeness (QED) is 0.632. The van der Waals surface area contributed by atoms with Gasteiger partial charge < -0.3 is 10.4 Å². The fourth-order valence-electron chi connectivity index (χ4n) is 1.46. The van der Waals surface area contributed by atoms with E-state index < -0.39 is 5.83 Å². The molecule has 100 valence electrons. The average Bonchev–Trinajstić information content (AvgIpc) is 2.44.